The molecule has 0 unspecified atom stereocenters. The molecule has 98 valence electrons. The normalized spacial score (nSPS) is 11.9. The minimum atomic E-state index is -0.981. The van der Waals surface area contributed by atoms with Crippen LogP contribution in [0.3, 0.4) is 0 Å². The quantitative estimate of drug-likeness (QED) is 0.705. The maximum Gasteiger partial charge on any atom is 0.335 e. The Morgan fingerprint density at radius 3 is 2.78 bits per heavy atom. The zero-order chi connectivity index (χ0) is 13.5. The molecule has 0 fully saturated rings. The van der Waals surface area contributed by atoms with E-state index in [-0.39, 0.29) is 18.0 Å². The molecular formula is C13H18N2O3. The first-order valence-corrected chi connectivity index (χ1v) is 5.90. The molecule has 0 aliphatic rings. The van der Waals surface area contributed by atoms with Crippen molar-refractivity contribution in [3.8, 4) is 0 Å². The van der Waals surface area contributed by atoms with Crippen LogP contribution in [0.5, 0.6) is 0 Å². The van der Waals surface area contributed by atoms with Crippen LogP contribution >= 0.6 is 0 Å². The van der Waals surface area contributed by atoms with Crippen LogP contribution in [0.1, 0.15) is 35.7 Å². The van der Waals surface area contributed by atoms with Gasteiger partial charge in [0.25, 0.3) is 0 Å². The topological polar surface area (TPSA) is 92.4 Å². The Morgan fingerprint density at radius 1 is 1.44 bits per heavy atom. The van der Waals surface area contributed by atoms with E-state index < -0.39 is 12.0 Å². The van der Waals surface area contributed by atoms with Crippen molar-refractivity contribution in [2.75, 3.05) is 0 Å². The molecule has 0 radical (unpaired) electrons. The number of rotatable bonds is 6. The van der Waals surface area contributed by atoms with Crippen LogP contribution in [-0.2, 0) is 11.3 Å². The third kappa shape index (κ3) is 4.18. The smallest absolute Gasteiger partial charge is 0.335 e. The number of carbonyl (C=O) groups excluding carboxylic acids is 1. The number of hydrogen-bond donors (Lipinski definition) is 3. The number of hydrogen-bond acceptors (Lipinski definition) is 3. The summed E-state index contributed by atoms with van der Waals surface area (Å²) < 4.78 is 0. The minimum Gasteiger partial charge on any atom is -0.478 e. The summed E-state index contributed by atoms with van der Waals surface area (Å²) in [6, 6.07) is 5.96. The molecule has 1 aromatic rings. The first-order valence-electron chi connectivity index (χ1n) is 5.90. The van der Waals surface area contributed by atoms with E-state index in [0.717, 1.165) is 12.0 Å². The van der Waals surface area contributed by atoms with Crippen LogP contribution in [0.2, 0.25) is 0 Å². The molecule has 5 nitrogen and oxygen atoms in total. The van der Waals surface area contributed by atoms with Gasteiger partial charge < -0.3 is 16.2 Å². The van der Waals surface area contributed by atoms with Crippen molar-refractivity contribution in [1.82, 2.24) is 5.32 Å². The van der Waals surface area contributed by atoms with E-state index in [1.807, 2.05) is 6.92 Å². The van der Waals surface area contributed by atoms with Crippen LogP contribution in [0.15, 0.2) is 24.3 Å². The fraction of sp³-hybridized carbons (Fsp3) is 0.385. The van der Waals surface area contributed by atoms with Gasteiger partial charge in [-0.05, 0) is 24.1 Å². The van der Waals surface area contributed by atoms with Gasteiger partial charge >= 0.3 is 5.97 Å². The van der Waals surface area contributed by atoms with Crippen molar-refractivity contribution in [3.63, 3.8) is 0 Å². The highest BCUT2D eigenvalue weighted by Gasteiger charge is 2.11. The summed E-state index contributed by atoms with van der Waals surface area (Å²) in [6.07, 6.45) is 1.49. The third-order valence-corrected chi connectivity index (χ3v) is 2.58. The number of amides is 1. The Morgan fingerprint density at radius 2 is 2.17 bits per heavy atom. The molecule has 0 saturated carbocycles. The molecule has 1 aromatic carbocycles. The molecular weight excluding hydrogens is 232 g/mol. The summed E-state index contributed by atoms with van der Waals surface area (Å²) in [6.45, 7) is 2.25. The average molecular weight is 250 g/mol. The molecule has 0 spiro atoms. The number of benzene rings is 1. The van der Waals surface area contributed by atoms with Crippen LogP contribution < -0.4 is 11.1 Å². The summed E-state index contributed by atoms with van der Waals surface area (Å²) in [4.78, 5) is 22.3. The average Bonchev–Trinajstić information content (AvgIpc) is 2.36. The second kappa shape index (κ2) is 6.76. The summed E-state index contributed by atoms with van der Waals surface area (Å²) in [5.41, 5.74) is 6.61. The zero-order valence-corrected chi connectivity index (χ0v) is 10.3. The van der Waals surface area contributed by atoms with E-state index in [0.29, 0.717) is 6.42 Å². The highest BCUT2D eigenvalue weighted by Crippen LogP contribution is 2.05. The Kier molecular flexibility index (Phi) is 5.32. The fourth-order valence-electron chi connectivity index (χ4n) is 1.58. The highest BCUT2D eigenvalue weighted by atomic mass is 16.4. The molecule has 0 bridgehead atoms. The van der Waals surface area contributed by atoms with E-state index in [9.17, 15) is 9.59 Å². The van der Waals surface area contributed by atoms with Gasteiger partial charge in [0.2, 0.25) is 5.91 Å². The standard InChI is InChI=1S/C13H18N2O3/c1-2-4-11(14)12(16)15-8-9-5-3-6-10(7-9)13(17)18/h3,5-7,11H,2,4,8,14H2,1H3,(H,15,16)(H,17,18)/t11-/m0/s1. The second-order valence-corrected chi connectivity index (χ2v) is 4.12. The number of aromatic carboxylic acids is 1. The first kappa shape index (κ1) is 14.2. The highest BCUT2D eigenvalue weighted by molar-refractivity contribution is 5.87. The van der Waals surface area contributed by atoms with Gasteiger partial charge in [0.1, 0.15) is 0 Å². The number of nitrogens with one attached hydrogen (secondary N) is 1. The largest absolute Gasteiger partial charge is 0.478 e. The van der Waals surface area contributed by atoms with Crippen LogP contribution in [-0.4, -0.2) is 23.0 Å². The molecule has 0 aliphatic heterocycles. The van der Waals surface area contributed by atoms with E-state index in [2.05, 4.69) is 5.32 Å². The van der Waals surface area contributed by atoms with E-state index >= 15 is 0 Å². The maximum atomic E-state index is 11.6. The van der Waals surface area contributed by atoms with Crippen LogP contribution in [0.25, 0.3) is 0 Å². The molecule has 18 heavy (non-hydrogen) atoms. The number of nitrogens with two attached hydrogens (primary N) is 1. The predicted molar refractivity (Wildman–Crippen MR) is 68.1 cm³/mol. The van der Waals surface area contributed by atoms with Crippen molar-refractivity contribution < 1.29 is 14.7 Å². The number of carboxylic acid groups (broad SMARTS) is 1. The van der Waals surface area contributed by atoms with Gasteiger partial charge in [-0.2, -0.15) is 0 Å². The van der Waals surface area contributed by atoms with Crippen molar-refractivity contribution in [2.45, 2.75) is 32.4 Å². The lowest BCUT2D eigenvalue weighted by Gasteiger charge is -2.11. The van der Waals surface area contributed by atoms with Crippen molar-refractivity contribution >= 4 is 11.9 Å². The molecule has 0 saturated heterocycles. The van der Waals surface area contributed by atoms with Gasteiger partial charge in [0.05, 0.1) is 11.6 Å². The number of carboxylic acids is 1. The van der Waals surface area contributed by atoms with Crippen LogP contribution in [0, 0.1) is 0 Å². The summed E-state index contributed by atoms with van der Waals surface area (Å²) in [5.74, 6) is -1.19. The summed E-state index contributed by atoms with van der Waals surface area (Å²) in [5, 5.41) is 11.5. The van der Waals surface area contributed by atoms with Crippen molar-refractivity contribution in [3.05, 3.63) is 35.4 Å². The van der Waals surface area contributed by atoms with Gasteiger partial charge in [-0.1, -0.05) is 25.5 Å². The molecule has 1 amide bonds. The van der Waals surface area contributed by atoms with Gasteiger partial charge in [0.15, 0.2) is 0 Å². The zero-order valence-electron chi connectivity index (χ0n) is 10.3. The van der Waals surface area contributed by atoms with E-state index in [4.69, 9.17) is 10.8 Å². The predicted octanol–water partition coefficient (Wildman–Crippen LogP) is 1.13. The Hall–Kier alpha value is -1.88. The molecule has 1 atom stereocenters. The lowest BCUT2D eigenvalue weighted by atomic mass is 10.1. The van der Waals surface area contributed by atoms with E-state index in [1.165, 1.54) is 12.1 Å². The lowest BCUT2D eigenvalue weighted by molar-refractivity contribution is -0.122. The lowest BCUT2D eigenvalue weighted by Crippen LogP contribution is -2.40. The monoisotopic (exact) mass is 250 g/mol. The Bertz CT molecular complexity index is 432. The number of carbonyl (C=O) groups is 2. The molecule has 0 heterocycles. The second-order valence-electron chi connectivity index (χ2n) is 4.12. The Balaban J connectivity index is 2.55. The van der Waals surface area contributed by atoms with Crippen molar-refractivity contribution in [2.24, 2.45) is 5.73 Å². The summed E-state index contributed by atoms with van der Waals surface area (Å²) in [7, 11) is 0. The SMILES string of the molecule is CCC[C@H](N)C(=O)NCc1cccc(C(=O)O)c1. The maximum absolute atomic E-state index is 11.6. The fourth-order valence-corrected chi connectivity index (χ4v) is 1.58. The molecule has 0 aliphatic carbocycles. The van der Waals surface area contributed by atoms with Gasteiger partial charge in [-0.15, -0.1) is 0 Å². The Labute approximate surface area is 106 Å². The minimum absolute atomic E-state index is 0.208. The molecule has 1 rings (SSSR count). The summed E-state index contributed by atoms with van der Waals surface area (Å²) >= 11 is 0. The molecule has 4 N–H and O–H groups in total. The van der Waals surface area contributed by atoms with Gasteiger partial charge in [0, 0.05) is 6.54 Å². The molecule has 0 aromatic heterocycles. The van der Waals surface area contributed by atoms with Gasteiger partial charge in [-0.3, -0.25) is 4.79 Å². The third-order valence-electron chi connectivity index (χ3n) is 2.58. The van der Waals surface area contributed by atoms with Crippen LogP contribution in [0.4, 0.5) is 0 Å². The van der Waals surface area contributed by atoms with E-state index in [1.54, 1.807) is 12.1 Å². The van der Waals surface area contributed by atoms with Crippen molar-refractivity contribution in [1.29, 1.82) is 0 Å². The molecule has 5 heteroatoms. The van der Waals surface area contributed by atoms with Gasteiger partial charge in [-0.25, -0.2) is 4.79 Å². The first-order chi connectivity index (χ1) is 8.54.